The van der Waals surface area contributed by atoms with E-state index in [2.05, 4.69) is 15.6 Å². The molecule has 5 nitrogen and oxygen atoms in total. The van der Waals surface area contributed by atoms with Crippen LogP contribution in [0.2, 0.25) is 0 Å². The number of halogens is 3. The average molecular weight is 503 g/mol. The van der Waals surface area contributed by atoms with Crippen molar-refractivity contribution in [3.8, 4) is 0 Å². The summed E-state index contributed by atoms with van der Waals surface area (Å²) in [6, 6.07) is 3.48. The number of guanidine groups is 1. The first-order valence-electron chi connectivity index (χ1n) is 8.03. The molecule has 0 radical (unpaired) electrons. The molecule has 0 heterocycles. The summed E-state index contributed by atoms with van der Waals surface area (Å²) in [5, 5.41) is 6.25. The lowest BCUT2D eigenvalue weighted by molar-refractivity contribution is 0.348. The molecule has 1 atom stereocenters. The van der Waals surface area contributed by atoms with E-state index in [1.54, 1.807) is 7.05 Å². The van der Waals surface area contributed by atoms with Crippen molar-refractivity contribution in [1.29, 1.82) is 0 Å². The molecule has 0 amide bonds. The van der Waals surface area contributed by atoms with Crippen LogP contribution in [0.1, 0.15) is 38.8 Å². The highest BCUT2D eigenvalue weighted by molar-refractivity contribution is 14.0. The number of sulfone groups is 1. The second kappa shape index (κ2) is 10.4. The standard InChI is InChI=1S/C17H27F2N3O2S.HI/c1-12(13-6-7-14(18)15(19)10-13)22-16(20-4)21-11-17(2,3)8-9-25(5,23)24;/h6-7,10,12H,8-9,11H2,1-5H3,(H2,20,21,22);1H. The van der Waals surface area contributed by atoms with Gasteiger partial charge in [-0.2, -0.15) is 0 Å². The van der Waals surface area contributed by atoms with Gasteiger partial charge in [-0.05, 0) is 36.5 Å². The van der Waals surface area contributed by atoms with E-state index in [0.29, 0.717) is 24.5 Å². The van der Waals surface area contributed by atoms with Gasteiger partial charge in [0.15, 0.2) is 17.6 Å². The summed E-state index contributed by atoms with van der Waals surface area (Å²) in [7, 11) is -1.40. The van der Waals surface area contributed by atoms with E-state index in [-0.39, 0.29) is 41.2 Å². The minimum atomic E-state index is -3.00. The molecule has 9 heteroatoms. The van der Waals surface area contributed by atoms with Crippen LogP contribution < -0.4 is 10.6 Å². The van der Waals surface area contributed by atoms with Gasteiger partial charge in [0.25, 0.3) is 0 Å². The molecule has 0 aliphatic carbocycles. The highest BCUT2D eigenvalue weighted by atomic mass is 127. The Bertz CT molecular complexity index is 725. The second-order valence-corrected chi connectivity index (χ2v) is 9.27. The molecule has 1 aromatic carbocycles. The van der Waals surface area contributed by atoms with Crippen LogP contribution >= 0.6 is 24.0 Å². The first-order valence-corrected chi connectivity index (χ1v) is 10.1. The molecule has 2 N–H and O–H groups in total. The van der Waals surface area contributed by atoms with Crippen LogP contribution in [0.15, 0.2) is 23.2 Å². The number of rotatable bonds is 7. The molecule has 1 rings (SSSR count). The monoisotopic (exact) mass is 503 g/mol. The number of aliphatic imine (C=N–C) groups is 1. The molecule has 0 fully saturated rings. The molecule has 1 aromatic rings. The molecule has 26 heavy (non-hydrogen) atoms. The highest BCUT2D eigenvalue weighted by Gasteiger charge is 2.21. The van der Waals surface area contributed by atoms with Gasteiger partial charge in [-0.3, -0.25) is 4.99 Å². The van der Waals surface area contributed by atoms with E-state index in [9.17, 15) is 17.2 Å². The van der Waals surface area contributed by atoms with Crippen LogP contribution in [0, 0.1) is 17.0 Å². The van der Waals surface area contributed by atoms with Crippen LogP contribution in [-0.2, 0) is 9.84 Å². The SMILES string of the molecule is CN=C(NCC(C)(C)CCS(C)(=O)=O)NC(C)c1ccc(F)c(F)c1.I. The van der Waals surface area contributed by atoms with Crippen LogP contribution in [0.3, 0.4) is 0 Å². The fourth-order valence-corrected chi connectivity index (χ4v) is 3.06. The van der Waals surface area contributed by atoms with E-state index < -0.39 is 21.5 Å². The fourth-order valence-electron chi connectivity index (χ4n) is 2.14. The van der Waals surface area contributed by atoms with Crippen LogP contribution in [0.25, 0.3) is 0 Å². The number of hydrogen-bond donors (Lipinski definition) is 2. The predicted octanol–water partition coefficient (Wildman–Crippen LogP) is 3.27. The van der Waals surface area contributed by atoms with Crippen molar-refractivity contribution in [1.82, 2.24) is 10.6 Å². The lowest BCUT2D eigenvalue weighted by atomic mass is 9.90. The Morgan fingerprint density at radius 2 is 1.88 bits per heavy atom. The largest absolute Gasteiger partial charge is 0.356 e. The van der Waals surface area contributed by atoms with E-state index in [0.717, 1.165) is 12.1 Å². The van der Waals surface area contributed by atoms with Gasteiger partial charge in [-0.15, -0.1) is 24.0 Å². The van der Waals surface area contributed by atoms with Gasteiger partial charge < -0.3 is 10.6 Å². The zero-order chi connectivity index (χ0) is 19.3. The predicted molar refractivity (Wildman–Crippen MR) is 113 cm³/mol. The fraction of sp³-hybridized carbons (Fsp3) is 0.588. The van der Waals surface area contributed by atoms with E-state index in [1.165, 1.54) is 12.3 Å². The van der Waals surface area contributed by atoms with Crippen molar-refractivity contribution in [2.75, 3.05) is 25.6 Å². The number of benzene rings is 1. The number of hydrogen-bond acceptors (Lipinski definition) is 3. The van der Waals surface area contributed by atoms with Crippen LogP contribution in [0.5, 0.6) is 0 Å². The molecular formula is C17H28F2IN3O2S. The Hall–Kier alpha value is -0.970. The van der Waals surface area contributed by atoms with Gasteiger partial charge in [0, 0.05) is 19.8 Å². The Morgan fingerprint density at radius 1 is 1.27 bits per heavy atom. The zero-order valence-corrected chi connectivity index (χ0v) is 18.9. The van der Waals surface area contributed by atoms with Crippen molar-refractivity contribution < 1.29 is 17.2 Å². The molecule has 0 spiro atoms. The third kappa shape index (κ3) is 9.11. The number of nitrogens with zero attached hydrogens (tertiary/aromatic N) is 1. The van der Waals surface area contributed by atoms with Gasteiger partial charge in [0.2, 0.25) is 0 Å². The van der Waals surface area contributed by atoms with Crippen molar-refractivity contribution in [2.45, 2.75) is 33.2 Å². The maximum atomic E-state index is 13.3. The Balaban J connectivity index is 0.00000625. The lowest BCUT2D eigenvalue weighted by Gasteiger charge is -2.27. The first-order chi connectivity index (χ1) is 11.4. The third-order valence-corrected chi connectivity index (χ3v) is 4.85. The molecule has 0 saturated carbocycles. The molecule has 0 aromatic heterocycles. The second-order valence-electron chi connectivity index (χ2n) is 7.01. The molecule has 150 valence electrons. The van der Waals surface area contributed by atoms with E-state index in [4.69, 9.17) is 0 Å². The van der Waals surface area contributed by atoms with Crippen molar-refractivity contribution >= 4 is 39.8 Å². The average Bonchev–Trinajstić information content (AvgIpc) is 2.51. The summed E-state index contributed by atoms with van der Waals surface area (Å²) in [4.78, 5) is 4.11. The van der Waals surface area contributed by atoms with E-state index >= 15 is 0 Å². The highest BCUT2D eigenvalue weighted by Crippen LogP contribution is 2.20. The minimum Gasteiger partial charge on any atom is -0.356 e. The molecule has 0 aliphatic rings. The Labute approximate surface area is 172 Å². The minimum absolute atomic E-state index is 0. The molecular weight excluding hydrogens is 475 g/mol. The molecule has 0 aliphatic heterocycles. The lowest BCUT2D eigenvalue weighted by Crippen LogP contribution is -2.43. The van der Waals surface area contributed by atoms with Crippen LogP contribution in [0.4, 0.5) is 8.78 Å². The number of nitrogens with one attached hydrogen (secondary N) is 2. The maximum Gasteiger partial charge on any atom is 0.191 e. The summed E-state index contributed by atoms with van der Waals surface area (Å²) in [5.74, 6) is -1.15. The van der Waals surface area contributed by atoms with Crippen LogP contribution in [-0.4, -0.2) is 40.0 Å². The van der Waals surface area contributed by atoms with Crippen molar-refractivity contribution in [3.63, 3.8) is 0 Å². The summed E-state index contributed by atoms with van der Waals surface area (Å²) in [6.45, 7) is 6.27. The topological polar surface area (TPSA) is 70.6 Å². The molecule has 1 unspecified atom stereocenters. The Kier molecular flexibility index (Phi) is 10.00. The summed E-state index contributed by atoms with van der Waals surface area (Å²) in [5.41, 5.74) is 0.351. The Morgan fingerprint density at radius 3 is 2.38 bits per heavy atom. The van der Waals surface area contributed by atoms with Gasteiger partial charge in [-0.1, -0.05) is 19.9 Å². The van der Waals surface area contributed by atoms with E-state index in [1.807, 2.05) is 20.8 Å². The molecule has 0 saturated heterocycles. The van der Waals surface area contributed by atoms with Gasteiger partial charge in [-0.25, -0.2) is 17.2 Å². The quantitative estimate of drug-likeness (QED) is 0.341. The maximum absolute atomic E-state index is 13.3. The summed E-state index contributed by atoms with van der Waals surface area (Å²) >= 11 is 0. The third-order valence-electron chi connectivity index (χ3n) is 3.90. The van der Waals surface area contributed by atoms with Gasteiger partial charge in [0.05, 0.1) is 11.8 Å². The zero-order valence-electron chi connectivity index (χ0n) is 15.8. The normalized spacial score (nSPS) is 13.7. The first kappa shape index (κ1) is 25.0. The van der Waals surface area contributed by atoms with Gasteiger partial charge in [0.1, 0.15) is 9.84 Å². The van der Waals surface area contributed by atoms with Crippen molar-refractivity contribution in [2.24, 2.45) is 10.4 Å². The summed E-state index contributed by atoms with van der Waals surface area (Å²) < 4.78 is 49.0. The summed E-state index contributed by atoms with van der Waals surface area (Å²) in [6.07, 6.45) is 1.75. The van der Waals surface area contributed by atoms with Crippen molar-refractivity contribution in [3.05, 3.63) is 35.4 Å². The van der Waals surface area contributed by atoms with Gasteiger partial charge >= 0.3 is 0 Å². The smallest absolute Gasteiger partial charge is 0.191 e. The molecule has 0 bridgehead atoms.